The molecule has 5 nitrogen and oxygen atoms in total. The van der Waals surface area contributed by atoms with Gasteiger partial charge in [0.05, 0.1) is 17.9 Å². The number of aliphatic hydroxyl groups is 1. The number of nitrogens with one attached hydrogen (secondary N) is 1. The molecule has 1 aliphatic carbocycles. The molecule has 0 saturated heterocycles. The predicted octanol–water partition coefficient (Wildman–Crippen LogP) is 0.429. The lowest BCUT2D eigenvalue weighted by Gasteiger charge is -2.15. The molecule has 1 aromatic rings. The van der Waals surface area contributed by atoms with E-state index in [1.54, 1.807) is 0 Å². The number of aromatic nitrogens is 2. The first-order valence-corrected chi connectivity index (χ1v) is 5.73. The molecular formula is C9H13N3O2S. The van der Waals surface area contributed by atoms with E-state index in [-0.39, 0.29) is 18.6 Å². The van der Waals surface area contributed by atoms with Crippen LogP contribution in [-0.4, -0.2) is 32.4 Å². The molecule has 0 bridgehead atoms. The van der Waals surface area contributed by atoms with E-state index in [1.165, 1.54) is 6.20 Å². The van der Waals surface area contributed by atoms with E-state index in [9.17, 15) is 4.79 Å². The number of hydrogen-bond donors (Lipinski definition) is 2. The van der Waals surface area contributed by atoms with Gasteiger partial charge in [-0.05, 0) is 25.2 Å². The fourth-order valence-electron chi connectivity index (χ4n) is 1.57. The first-order valence-electron chi connectivity index (χ1n) is 5.00. The summed E-state index contributed by atoms with van der Waals surface area (Å²) in [5, 5.41) is 11.8. The van der Waals surface area contributed by atoms with E-state index in [1.807, 2.05) is 0 Å². The van der Waals surface area contributed by atoms with E-state index in [0.717, 1.165) is 24.6 Å². The summed E-state index contributed by atoms with van der Waals surface area (Å²) in [4.78, 5) is 11.6. The Kier molecular flexibility index (Phi) is 3.27. The molecule has 1 amide bonds. The molecule has 1 unspecified atom stereocenters. The van der Waals surface area contributed by atoms with Gasteiger partial charge in [0.15, 0.2) is 5.69 Å². The number of hydrogen-bond acceptors (Lipinski definition) is 5. The van der Waals surface area contributed by atoms with E-state index < -0.39 is 0 Å². The molecule has 0 spiro atoms. The first-order chi connectivity index (χ1) is 7.31. The van der Waals surface area contributed by atoms with E-state index in [4.69, 9.17) is 5.11 Å². The minimum Gasteiger partial charge on any atom is -0.396 e. The molecule has 82 valence electrons. The zero-order valence-corrected chi connectivity index (χ0v) is 9.04. The zero-order valence-electron chi connectivity index (χ0n) is 8.22. The molecule has 1 fully saturated rings. The van der Waals surface area contributed by atoms with Gasteiger partial charge >= 0.3 is 0 Å². The van der Waals surface area contributed by atoms with Crippen LogP contribution >= 0.6 is 11.7 Å². The summed E-state index contributed by atoms with van der Waals surface area (Å²) in [6.45, 7) is 0.108. The van der Waals surface area contributed by atoms with Crippen LogP contribution in [0.2, 0.25) is 0 Å². The van der Waals surface area contributed by atoms with Crippen LogP contribution in [0.1, 0.15) is 29.8 Å². The predicted molar refractivity (Wildman–Crippen MR) is 55.6 cm³/mol. The minimum atomic E-state index is -0.186. The average molecular weight is 227 g/mol. The van der Waals surface area contributed by atoms with Crippen LogP contribution in [0.15, 0.2) is 6.20 Å². The van der Waals surface area contributed by atoms with Crippen LogP contribution in [-0.2, 0) is 0 Å². The van der Waals surface area contributed by atoms with Crippen molar-refractivity contribution in [2.24, 2.45) is 5.92 Å². The molecule has 0 radical (unpaired) electrons. The molecule has 15 heavy (non-hydrogen) atoms. The maximum Gasteiger partial charge on any atom is 0.272 e. The standard InChI is InChI=1S/C9H13N3O2S/c13-4-3-7(6-1-2-6)11-9(14)8-5-10-15-12-8/h5-7,13H,1-4H2,(H,11,14). The Hall–Kier alpha value is -1.01. The second-order valence-electron chi connectivity index (χ2n) is 3.72. The molecule has 6 heteroatoms. The van der Waals surface area contributed by atoms with Crippen LogP contribution in [0.4, 0.5) is 0 Å². The van der Waals surface area contributed by atoms with Gasteiger partial charge in [-0.1, -0.05) is 0 Å². The smallest absolute Gasteiger partial charge is 0.272 e. The molecule has 1 atom stereocenters. The third kappa shape index (κ3) is 2.73. The SMILES string of the molecule is O=C(NC(CCO)C1CC1)c1cnsn1. The van der Waals surface area contributed by atoms with E-state index in [2.05, 4.69) is 14.1 Å². The fraction of sp³-hybridized carbons (Fsp3) is 0.667. The molecule has 2 rings (SSSR count). The van der Waals surface area contributed by atoms with Crippen molar-refractivity contribution in [2.75, 3.05) is 6.61 Å². The highest BCUT2D eigenvalue weighted by molar-refractivity contribution is 6.99. The summed E-state index contributed by atoms with van der Waals surface area (Å²) >= 11 is 1.02. The van der Waals surface area contributed by atoms with Crippen LogP contribution in [0.25, 0.3) is 0 Å². The maximum atomic E-state index is 11.6. The van der Waals surface area contributed by atoms with E-state index >= 15 is 0 Å². The Bertz CT molecular complexity index is 324. The minimum absolute atomic E-state index is 0.0872. The first kappa shape index (κ1) is 10.5. The van der Waals surface area contributed by atoms with Crippen molar-refractivity contribution >= 4 is 17.6 Å². The van der Waals surface area contributed by atoms with Gasteiger partial charge in [-0.15, -0.1) is 0 Å². The summed E-state index contributed by atoms with van der Waals surface area (Å²) in [5.41, 5.74) is 0.364. The van der Waals surface area contributed by atoms with Gasteiger partial charge in [-0.3, -0.25) is 4.79 Å². The topological polar surface area (TPSA) is 75.1 Å². The Balaban J connectivity index is 1.91. The Labute approximate surface area is 91.8 Å². The number of nitrogens with zero attached hydrogens (tertiary/aromatic N) is 2. The van der Waals surface area contributed by atoms with Crippen molar-refractivity contribution in [3.05, 3.63) is 11.9 Å². The van der Waals surface area contributed by atoms with E-state index in [0.29, 0.717) is 18.0 Å². The van der Waals surface area contributed by atoms with Gasteiger partial charge in [0.2, 0.25) is 0 Å². The molecule has 0 aromatic carbocycles. The Morgan fingerprint density at radius 2 is 2.53 bits per heavy atom. The maximum absolute atomic E-state index is 11.6. The highest BCUT2D eigenvalue weighted by Crippen LogP contribution is 2.33. The van der Waals surface area contributed by atoms with Gasteiger partial charge in [0.25, 0.3) is 5.91 Å². The second-order valence-corrected chi connectivity index (χ2v) is 4.28. The number of amides is 1. The van der Waals surface area contributed by atoms with Gasteiger partial charge in [-0.2, -0.15) is 8.75 Å². The van der Waals surface area contributed by atoms with Gasteiger partial charge in [0.1, 0.15) is 0 Å². The van der Waals surface area contributed by atoms with Crippen LogP contribution in [0.5, 0.6) is 0 Å². The lowest BCUT2D eigenvalue weighted by Crippen LogP contribution is -2.37. The van der Waals surface area contributed by atoms with Crippen molar-refractivity contribution < 1.29 is 9.90 Å². The van der Waals surface area contributed by atoms with Crippen molar-refractivity contribution in [2.45, 2.75) is 25.3 Å². The molecular weight excluding hydrogens is 214 g/mol. The molecule has 2 N–H and O–H groups in total. The van der Waals surface area contributed by atoms with Crippen molar-refractivity contribution in [1.82, 2.24) is 14.1 Å². The second kappa shape index (κ2) is 4.67. The summed E-state index contributed by atoms with van der Waals surface area (Å²) in [6.07, 6.45) is 4.36. The number of carbonyl (C=O) groups is 1. The molecule has 0 aliphatic heterocycles. The summed E-state index contributed by atoms with van der Waals surface area (Å²) in [7, 11) is 0. The monoisotopic (exact) mass is 227 g/mol. The molecule has 1 aromatic heterocycles. The highest BCUT2D eigenvalue weighted by atomic mass is 32.1. The molecule has 1 heterocycles. The summed E-state index contributed by atoms with van der Waals surface area (Å²) < 4.78 is 7.64. The lowest BCUT2D eigenvalue weighted by atomic mass is 10.1. The fourth-order valence-corrected chi connectivity index (χ4v) is 1.98. The lowest BCUT2D eigenvalue weighted by molar-refractivity contribution is 0.0920. The Morgan fingerprint density at radius 3 is 3.07 bits per heavy atom. The van der Waals surface area contributed by atoms with Gasteiger partial charge < -0.3 is 10.4 Å². The number of carbonyl (C=O) groups excluding carboxylic acids is 1. The van der Waals surface area contributed by atoms with Gasteiger partial charge in [-0.25, -0.2) is 0 Å². The van der Waals surface area contributed by atoms with Crippen molar-refractivity contribution in [3.8, 4) is 0 Å². The third-order valence-corrected chi connectivity index (χ3v) is 3.02. The molecule has 1 saturated carbocycles. The number of rotatable bonds is 5. The van der Waals surface area contributed by atoms with Crippen molar-refractivity contribution in [1.29, 1.82) is 0 Å². The van der Waals surface area contributed by atoms with Gasteiger partial charge in [0, 0.05) is 12.6 Å². The highest BCUT2D eigenvalue weighted by Gasteiger charge is 2.32. The average Bonchev–Trinajstić information content (AvgIpc) is 2.92. The van der Waals surface area contributed by atoms with Crippen LogP contribution in [0.3, 0.4) is 0 Å². The third-order valence-electron chi connectivity index (χ3n) is 2.54. The van der Waals surface area contributed by atoms with Crippen LogP contribution in [0, 0.1) is 5.92 Å². The zero-order chi connectivity index (χ0) is 10.7. The largest absolute Gasteiger partial charge is 0.396 e. The Morgan fingerprint density at radius 1 is 1.73 bits per heavy atom. The quantitative estimate of drug-likeness (QED) is 0.765. The number of aliphatic hydroxyl groups excluding tert-OH is 1. The molecule has 1 aliphatic rings. The normalized spacial score (nSPS) is 17.4. The van der Waals surface area contributed by atoms with Crippen molar-refractivity contribution in [3.63, 3.8) is 0 Å². The van der Waals surface area contributed by atoms with Crippen LogP contribution < -0.4 is 5.32 Å². The summed E-state index contributed by atoms with van der Waals surface area (Å²) in [6, 6.07) is 0.0872. The summed E-state index contributed by atoms with van der Waals surface area (Å²) in [5.74, 6) is 0.349.